The Hall–Kier alpha value is -0.930. The largest absolute Gasteiger partial charge is 0.396 e. The molecule has 0 aromatic heterocycles. The summed E-state index contributed by atoms with van der Waals surface area (Å²) in [6.07, 6.45) is 0.613. The Labute approximate surface area is 82.0 Å². The van der Waals surface area contributed by atoms with Crippen LogP contribution in [0.4, 0.5) is 4.39 Å². The van der Waals surface area contributed by atoms with E-state index in [1.807, 2.05) is 0 Å². The molecular formula is C11H13FO2. The van der Waals surface area contributed by atoms with Crippen LogP contribution in [0.1, 0.15) is 23.7 Å². The molecule has 2 rings (SSSR count). The Bertz CT molecular complexity index is 338. The van der Waals surface area contributed by atoms with Gasteiger partial charge in [-0.25, -0.2) is 4.39 Å². The molecule has 0 fully saturated rings. The van der Waals surface area contributed by atoms with Crippen molar-refractivity contribution in [3.8, 4) is 0 Å². The molecule has 0 amide bonds. The molecule has 76 valence electrons. The standard InChI is InChI=1S/C11H13FO2/c12-9-2-1-8-3-7(6-13)4-11(14)10(8)5-9/h1-2,5,7,11,13-14H,3-4,6H2. The molecule has 1 aromatic rings. The average Bonchev–Trinajstić information content (AvgIpc) is 2.19. The van der Waals surface area contributed by atoms with Crippen molar-refractivity contribution < 1.29 is 14.6 Å². The van der Waals surface area contributed by atoms with E-state index in [0.717, 1.165) is 12.0 Å². The zero-order valence-corrected chi connectivity index (χ0v) is 7.78. The topological polar surface area (TPSA) is 40.5 Å². The maximum Gasteiger partial charge on any atom is 0.123 e. The smallest absolute Gasteiger partial charge is 0.123 e. The van der Waals surface area contributed by atoms with Crippen molar-refractivity contribution in [2.45, 2.75) is 18.9 Å². The summed E-state index contributed by atoms with van der Waals surface area (Å²) in [5, 5.41) is 18.7. The molecule has 1 aliphatic carbocycles. The van der Waals surface area contributed by atoms with Crippen LogP contribution in [0.2, 0.25) is 0 Å². The Kier molecular flexibility index (Phi) is 2.52. The van der Waals surface area contributed by atoms with Gasteiger partial charge >= 0.3 is 0 Å². The van der Waals surface area contributed by atoms with Gasteiger partial charge in [0.25, 0.3) is 0 Å². The van der Waals surface area contributed by atoms with Gasteiger partial charge in [-0.15, -0.1) is 0 Å². The van der Waals surface area contributed by atoms with Crippen molar-refractivity contribution in [3.05, 3.63) is 35.1 Å². The van der Waals surface area contributed by atoms with Gasteiger partial charge in [-0.3, -0.25) is 0 Å². The van der Waals surface area contributed by atoms with Crippen molar-refractivity contribution in [1.29, 1.82) is 0 Å². The van der Waals surface area contributed by atoms with E-state index in [0.29, 0.717) is 12.0 Å². The first-order valence-electron chi connectivity index (χ1n) is 4.78. The number of fused-ring (bicyclic) bond motifs is 1. The minimum Gasteiger partial charge on any atom is -0.396 e. The molecule has 0 heterocycles. The fourth-order valence-electron chi connectivity index (χ4n) is 2.04. The Morgan fingerprint density at radius 2 is 2.21 bits per heavy atom. The number of hydrogen-bond donors (Lipinski definition) is 2. The van der Waals surface area contributed by atoms with E-state index in [2.05, 4.69) is 0 Å². The van der Waals surface area contributed by atoms with Crippen LogP contribution in [-0.4, -0.2) is 16.8 Å². The predicted molar refractivity (Wildman–Crippen MR) is 50.3 cm³/mol. The maximum atomic E-state index is 12.9. The molecule has 0 aliphatic heterocycles. The van der Waals surface area contributed by atoms with E-state index in [1.165, 1.54) is 12.1 Å². The Morgan fingerprint density at radius 3 is 2.93 bits per heavy atom. The quantitative estimate of drug-likeness (QED) is 0.713. The number of rotatable bonds is 1. The van der Waals surface area contributed by atoms with Gasteiger partial charge in [-0.05, 0) is 42.0 Å². The lowest BCUT2D eigenvalue weighted by Crippen LogP contribution is -2.21. The molecule has 3 heteroatoms. The predicted octanol–water partition coefficient (Wildman–Crippen LogP) is 1.41. The van der Waals surface area contributed by atoms with Gasteiger partial charge in [0, 0.05) is 6.61 Å². The van der Waals surface area contributed by atoms with Gasteiger partial charge < -0.3 is 10.2 Å². The highest BCUT2D eigenvalue weighted by Gasteiger charge is 2.25. The molecule has 1 aliphatic rings. The molecule has 0 saturated carbocycles. The summed E-state index contributed by atoms with van der Waals surface area (Å²) in [5.41, 5.74) is 1.62. The molecule has 0 spiro atoms. The first-order valence-corrected chi connectivity index (χ1v) is 4.78. The van der Waals surface area contributed by atoms with Gasteiger partial charge in [0.1, 0.15) is 5.82 Å². The van der Waals surface area contributed by atoms with Crippen molar-refractivity contribution in [3.63, 3.8) is 0 Å². The number of benzene rings is 1. The highest BCUT2D eigenvalue weighted by Crippen LogP contribution is 2.33. The highest BCUT2D eigenvalue weighted by atomic mass is 19.1. The minimum atomic E-state index is -0.633. The second kappa shape index (κ2) is 3.67. The minimum absolute atomic E-state index is 0.0773. The number of halogens is 1. The average molecular weight is 196 g/mol. The Balaban J connectivity index is 2.35. The van der Waals surface area contributed by atoms with Crippen molar-refractivity contribution in [2.75, 3.05) is 6.61 Å². The number of aliphatic hydroxyl groups excluding tert-OH is 2. The second-order valence-corrected chi connectivity index (χ2v) is 3.85. The molecule has 2 atom stereocenters. The SMILES string of the molecule is OCC1Cc2ccc(F)cc2C(O)C1. The lowest BCUT2D eigenvalue weighted by molar-refractivity contribution is 0.104. The first kappa shape index (κ1) is 9.62. The lowest BCUT2D eigenvalue weighted by atomic mass is 9.82. The summed E-state index contributed by atoms with van der Waals surface area (Å²) in [5.74, 6) is -0.215. The van der Waals surface area contributed by atoms with Crippen molar-refractivity contribution >= 4 is 0 Å². The van der Waals surface area contributed by atoms with Crippen LogP contribution in [0.15, 0.2) is 18.2 Å². The Morgan fingerprint density at radius 1 is 1.43 bits per heavy atom. The number of hydrogen-bond acceptors (Lipinski definition) is 2. The normalized spacial score (nSPS) is 25.9. The summed E-state index contributed by atoms with van der Waals surface area (Å²) in [7, 11) is 0. The summed E-state index contributed by atoms with van der Waals surface area (Å²) >= 11 is 0. The summed E-state index contributed by atoms with van der Waals surface area (Å²) in [6.45, 7) is 0.0773. The third-order valence-corrected chi connectivity index (χ3v) is 2.79. The molecule has 2 nitrogen and oxygen atoms in total. The first-order chi connectivity index (χ1) is 6.70. The summed E-state index contributed by atoms with van der Waals surface area (Å²) in [6, 6.07) is 4.47. The van der Waals surface area contributed by atoms with Crippen LogP contribution < -0.4 is 0 Å². The van der Waals surface area contributed by atoms with Gasteiger partial charge in [-0.2, -0.15) is 0 Å². The van der Waals surface area contributed by atoms with Gasteiger partial charge in [0.05, 0.1) is 6.10 Å². The monoisotopic (exact) mass is 196 g/mol. The van der Waals surface area contributed by atoms with Crippen LogP contribution in [0.5, 0.6) is 0 Å². The number of aliphatic hydroxyl groups is 2. The van der Waals surface area contributed by atoms with Gasteiger partial charge in [0.2, 0.25) is 0 Å². The summed E-state index contributed by atoms with van der Waals surface area (Å²) in [4.78, 5) is 0. The van der Waals surface area contributed by atoms with Crippen LogP contribution >= 0.6 is 0 Å². The maximum absolute atomic E-state index is 12.9. The molecule has 2 N–H and O–H groups in total. The van der Waals surface area contributed by atoms with E-state index >= 15 is 0 Å². The highest BCUT2D eigenvalue weighted by molar-refractivity contribution is 5.32. The lowest BCUT2D eigenvalue weighted by Gasteiger charge is -2.27. The second-order valence-electron chi connectivity index (χ2n) is 3.85. The van der Waals surface area contributed by atoms with E-state index < -0.39 is 6.10 Å². The molecule has 0 radical (unpaired) electrons. The molecule has 14 heavy (non-hydrogen) atoms. The molecule has 2 unspecified atom stereocenters. The van der Waals surface area contributed by atoms with E-state index in [-0.39, 0.29) is 18.3 Å². The molecule has 0 saturated heterocycles. The van der Waals surface area contributed by atoms with E-state index in [4.69, 9.17) is 5.11 Å². The molecular weight excluding hydrogens is 183 g/mol. The van der Waals surface area contributed by atoms with Crippen LogP contribution in [0, 0.1) is 11.7 Å². The van der Waals surface area contributed by atoms with Crippen LogP contribution in [0.3, 0.4) is 0 Å². The zero-order valence-electron chi connectivity index (χ0n) is 7.78. The fourth-order valence-corrected chi connectivity index (χ4v) is 2.04. The molecule has 1 aromatic carbocycles. The zero-order chi connectivity index (χ0) is 10.1. The van der Waals surface area contributed by atoms with Crippen LogP contribution in [0.25, 0.3) is 0 Å². The third kappa shape index (κ3) is 1.65. The van der Waals surface area contributed by atoms with Gasteiger partial charge in [-0.1, -0.05) is 6.07 Å². The fraction of sp³-hybridized carbons (Fsp3) is 0.455. The van der Waals surface area contributed by atoms with Crippen molar-refractivity contribution in [2.24, 2.45) is 5.92 Å². The summed E-state index contributed by atoms with van der Waals surface area (Å²) < 4.78 is 12.9. The van der Waals surface area contributed by atoms with Crippen LogP contribution in [-0.2, 0) is 6.42 Å². The third-order valence-electron chi connectivity index (χ3n) is 2.79. The van der Waals surface area contributed by atoms with Crippen molar-refractivity contribution in [1.82, 2.24) is 0 Å². The van der Waals surface area contributed by atoms with E-state index in [9.17, 15) is 9.50 Å². The van der Waals surface area contributed by atoms with Gasteiger partial charge in [0.15, 0.2) is 0 Å². The molecule has 0 bridgehead atoms. The van der Waals surface area contributed by atoms with E-state index in [1.54, 1.807) is 6.07 Å².